The summed E-state index contributed by atoms with van der Waals surface area (Å²) in [4.78, 5) is 18.2. The molecule has 1 fully saturated rings. The van der Waals surface area contributed by atoms with Gasteiger partial charge in [0.05, 0.1) is 7.11 Å². The number of piperidine rings is 1. The molecule has 0 atom stereocenters. The van der Waals surface area contributed by atoms with Gasteiger partial charge >= 0.3 is 5.97 Å². The van der Waals surface area contributed by atoms with Gasteiger partial charge in [0.1, 0.15) is 11.6 Å². The zero-order chi connectivity index (χ0) is 20.6. The first-order chi connectivity index (χ1) is 14.1. The van der Waals surface area contributed by atoms with E-state index in [0.717, 1.165) is 48.9 Å². The molecule has 156 valence electrons. The van der Waals surface area contributed by atoms with Crippen LogP contribution in [0.15, 0.2) is 30.5 Å². The van der Waals surface area contributed by atoms with Gasteiger partial charge in [-0.3, -0.25) is 0 Å². The number of hydrogen-bond acceptors (Lipinski definition) is 6. The van der Waals surface area contributed by atoms with Gasteiger partial charge in [-0.05, 0) is 67.5 Å². The fraction of sp³-hybridized carbons (Fsp3) is 0.478. The third-order valence-electron chi connectivity index (χ3n) is 5.23. The minimum absolute atomic E-state index is 0.0723. The number of nitrogens with zero attached hydrogens (tertiary/aromatic N) is 2. The third kappa shape index (κ3) is 5.94. The van der Waals surface area contributed by atoms with Gasteiger partial charge < -0.3 is 19.7 Å². The Morgan fingerprint density at radius 3 is 2.45 bits per heavy atom. The molecule has 2 heterocycles. The highest BCUT2D eigenvalue weighted by Crippen LogP contribution is 2.25. The number of esters is 1. The number of aromatic nitrogens is 1. The fourth-order valence-corrected chi connectivity index (χ4v) is 3.78. The molecule has 0 aliphatic carbocycles. The molecule has 6 nitrogen and oxygen atoms in total. The maximum atomic E-state index is 11.3. The van der Waals surface area contributed by atoms with E-state index in [1.54, 1.807) is 0 Å². The van der Waals surface area contributed by atoms with E-state index in [9.17, 15) is 4.79 Å². The molecular formula is C23H31N3O3. The van der Waals surface area contributed by atoms with E-state index in [4.69, 9.17) is 4.74 Å². The van der Waals surface area contributed by atoms with Crippen molar-refractivity contribution in [1.82, 2.24) is 10.3 Å². The highest BCUT2D eigenvalue weighted by atomic mass is 16.6. The van der Waals surface area contributed by atoms with Gasteiger partial charge in [-0.15, -0.1) is 0 Å². The lowest BCUT2D eigenvalue weighted by atomic mass is 10.1. The van der Waals surface area contributed by atoms with Crippen LogP contribution in [0.2, 0.25) is 0 Å². The number of carbonyl (C=O) groups is 1. The van der Waals surface area contributed by atoms with E-state index in [1.165, 1.54) is 37.5 Å². The highest BCUT2D eigenvalue weighted by Gasteiger charge is 2.12. The molecule has 1 aromatic heterocycles. The molecule has 0 radical (unpaired) electrons. The van der Waals surface area contributed by atoms with Gasteiger partial charge in [-0.1, -0.05) is 12.1 Å². The molecule has 1 saturated heterocycles. The monoisotopic (exact) mass is 397 g/mol. The van der Waals surface area contributed by atoms with Crippen molar-refractivity contribution < 1.29 is 14.3 Å². The smallest absolute Gasteiger partial charge is 0.343 e. The molecule has 0 unspecified atom stereocenters. The van der Waals surface area contributed by atoms with E-state index in [2.05, 4.69) is 44.2 Å². The lowest BCUT2D eigenvalue weighted by Gasteiger charge is -2.27. The van der Waals surface area contributed by atoms with Crippen molar-refractivity contribution in [1.29, 1.82) is 0 Å². The zero-order valence-electron chi connectivity index (χ0n) is 17.7. The normalized spacial score (nSPS) is 14.0. The molecular weight excluding hydrogens is 366 g/mol. The summed E-state index contributed by atoms with van der Waals surface area (Å²) in [7, 11) is 1.36. The molecule has 0 bridgehead atoms. The number of nitrogens with one attached hydrogen (secondary N) is 1. The van der Waals surface area contributed by atoms with Crippen molar-refractivity contribution in [3.63, 3.8) is 0 Å². The van der Waals surface area contributed by atoms with Crippen LogP contribution in [-0.2, 0) is 22.6 Å². The number of benzene rings is 1. The Bertz CT molecular complexity index is 809. The minimum Gasteiger partial charge on any atom is -0.481 e. The molecule has 2 aromatic rings. The van der Waals surface area contributed by atoms with Crippen LogP contribution in [0.3, 0.4) is 0 Å². The van der Waals surface area contributed by atoms with Crippen molar-refractivity contribution >= 4 is 11.8 Å². The van der Waals surface area contributed by atoms with Crippen LogP contribution in [0.5, 0.6) is 5.75 Å². The summed E-state index contributed by atoms with van der Waals surface area (Å²) in [5.41, 5.74) is 4.46. The van der Waals surface area contributed by atoms with Crippen LogP contribution in [0.25, 0.3) is 0 Å². The number of pyridine rings is 1. The topological polar surface area (TPSA) is 63.7 Å². The van der Waals surface area contributed by atoms with E-state index in [-0.39, 0.29) is 12.6 Å². The molecule has 1 aromatic carbocycles. The lowest BCUT2D eigenvalue weighted by molar-refractivity contribution is -0.142. The van der Waals surface area contributed by atoms with Gasteiger partial charge in [-0.2, -0.15) is 0 Å². The number of aryl methyl sites for hydroxylation is 2. The molecule has 0 spiro atoms. The molecule has 0 amide bonds. The van der Waals surface area contributed by atoms with Gasteiger partial charge in [0.25, 0.3) is 0 Å². The van der Waals surface area contributed by atoms with E-state index in [0.29, 0.717) is 0 Å². The third-order valence-corrected chi connectivity index (χ3v) is 5.23. The van der Waals surface area contributed by atoms with E-state index < -0.39 is 0 Å². The number of rotatable bonds is 8. The first kappa shape index (κ1) is 21.1. The first-order valence-electron chi connectivity index (χ1n) is 10.3. The van der Waals surface area contributed by atoms with Crippen molar-refractivity contribution in [2.24, 2.45) is 0 Å². The summed E-state index contributed by atoms with van der Waals surface area (Å²) in [5.74, 6) is 1.46. The summed E-state index contributed by atoms with van der Waals surface area (Å²) in [6, 6.07) is 8.45. The first-order valence-corrected chi connectivity index (χ1v) is 10.3. The molecule has 1 N–H and O–H groups in total. The van der Waals surface area contributed by atoms with Gasteiger partial charge in [0.15, 0.2) is 6.61 Å². The second-order valence-electron chi connectivity index (χ2n) is 7.60. The van der Waals surface area contributed by atoms with Crippen LogP contribution < -0.4 is 15.0 Å². The molecule has 1 aliphatic rings. The maximum absolute atomic E-state index is 11.3. The number of ether oxygens (including phenoxy) is 2. The van der Waals surface area contributed by atoms with Crippen molar-refractivity contribution in [2.45, 2.75) is 46.2 Å². The molecule has 29 heavy (non-hydrogen) atoms. The summed E-state index contributed by atoms with van der Waals surface area (Å²) >= 11 is 0. The molecule has 0 saturated carbocycles. The average molecular weight is 398 g/mol. The summed E-state index contributed by atoms with van der Waals surface area (Å²) in [5, 5.41) is 3.52. The summed E-state index contributed by atoms with van der Waals surface area (Å²) in [6.45, 7) is 7.69. The maximum Gasteiger partial charge on any atom is 0.343 e. The Morgan fingerprint density at radius 2 is 1.76 bits per heavy atom. The van der Waals surface area contributed by atoms with Crippen LogP contribution in [0.4, 0.5) is 5.82 Å². The fourth-order valence-electron chi connectivity index (χ4n) is 3.78. The minimum atomic E-state index is -0.379. The number of methoxy groups -OCH3 is 1. The van der Waals surface area contributed by atoms with Crippen molar-refractivity contribution in [3.8, 4) is 5.75 Å². The Balaban J connectivity index is 1.55. The van der Waals surface area contributed by atoms with Crippen LogP contribution >= 0.6 is 0 Å². The highest BCUT2D eigenvalue weighted by molar-refractivity contribution is 5.71. The van der Waals surface area contributed by atoms with Gasteiger partial charge in [0, 0.05) is 32.4 Å². The molecule has 3 rings (SSSR count). The Morgan fingerprint density at radius 1 is 1.07 bits per heavy atom. The Hall–Kier alpha value is -2.60. The van der Waals surface area contributed by atoms with E-state index >= 15 is 0 Å². The number of anilines is 1. The van der Waals surface area contributed by atoms with Crippen molar-refractivity contribution in [3.05, 3.63) is 52.7 Å². The quantitative estimate of drug-likeness (QED) is 0.688. The van der Waals surface area contributed by atoms with Crippen LogP contribution in [0, 0.1) is 13.8 Å². The SMILES string of the molecule is COC(=O)COc1c(C)cc(CNCc2ccnc(N3CCCCC3)c2)cc1C. The lowest BCUT2D eigenvalue weighted by Crippen LogP contribution is -2.30. The standard InChI is InChI=1S/C23H31N3O3/c1-17-11-20(12-18(2)23(17)29-16-22(27)28-3)15-24-14-19-7-8-25-21(13-19)26-9-5-4-6-10-26/h7-8,11-13,24H,4-6,9-10,14-16H2,1-3H3. The average Bonchev–Trinajstić information content (AvgIpc) is 2.74. The van der Waals surface area contributed by atoms with E-state index in [1.807, 2.05) is 20.0 Å². The predicted octanol–water partition coefficient (Wildman–Crippen LogP) is 3.53. The van der Waals surface area contributed by atoms with Gasteiger partial charge in [-0.25, -0.2) is 9.78 Å². The zero-order valence-corrected chi connectivity index (χ0v) is 17.7. The van der Waals surface area contributed by atoms with Crippen molar-refractivity contribution in [2.75, 3.05) is 31.7 Å². The predicted molar refractivity (Wildman–Crippen MR) is 114 cm³/mol. The number of carbonyl (C=O) groups excluding carboxylic acids is 1. The Labute approximate surface area is 173 Å². The van der Waals surface area contributed by atoms with Crippen LogP contribution in [0.1, 0.15) is 41.5 Å². The second kappa shape index (κ2) is 10.3. The Kier molecular flexibility index (Phi) is 7.47. The largest absolute Gasteiger partial charge is 0.481 e. The second-order valence-corrected chi connectivity index (χ2v) is 7.60. The van der Waals surface area contributed by atoms with Gasteiger partial charge in [0.2, 0.25) is 0 Å². The summed E-state index contributed by atoms with van der Waals surface area (Å²) in [6.07, 6.45) is 5.73. The number of hydrogen-bond donors (Lipinski definition) is 1. The summed E-state index contributed by atoms with van der Waals surface area (Å²) < 4.78 is 10.2. The van der Waals surface area contributed by atoms with Crippen LogP contribution in [-0.4, -0.2) is 37.8 Å². The molecule has 1 aliphatic heterocycles. The molecule has 6 heteroatoms.